The van der Waals surface area contributed by atoms with E-state index in [4.69, 9.17) is 5.11 Å². The minimum Gasteiger partial charge on any atom is -0.392 e. The van der Waals surface area contributed by atoms with Gasteiger partial charge in [-0.3, -0.25) is 19.2 Å². The Morgan fingerprint density at radius 1 is 1.21 bits per heavy atom. The van der Waals surface area contributed by atoms with E-state index in [0.717, 1.165) is 0 Å². The Kier molecular flexibility index (Phi) is 7.35. The number of hydrogen-bond acceptors (Lipinski definition) is 5. The van der Waals surface area contributed by atoms with Gasteiger partial charge in [0.15, 0.2) is 0 Å². The summed E-state index contributed by atoms with van der Waals surface area (Å²) in [5.74, 6) is -5.58. The first-order valence-corrected chi connectivity index (χ1v) is 11.1. The van der Waals surface area contributed by atoms with Gasteiger partial charge in [-0.1, -0.05) is 32.9 Å². The third kappa shape index (κ3) is 4.94. The van der Waals surface area contributed by atoms with Gasteiger partial charge in [0.2, 0.25) is 11.8 Å². The highest BCUT2D eigenvalue weighted by Gasteiger charge is 2.56. The lowest BCUT2D eigenvalue weighted by Gasteiger charge is -2.40. The molecule has 1 aromatic rings. The van der Waals surface area contributed by atoms with Gasteiger partial charge in [-0.05, 0) is 41.9 Å². The first-order valence-electron chi connectivity index (χ1n) is 11.1. The third-order valence-electron chi connectivity index (χ3n) is 6.68. The van der Waals surface area contributed by atoms with Crippen molar-refractivity contribution in [2.24, 2.45) is 17.8 Å². The Bertz CT molecular complexity index is 964. The molecule has 3 rings (SSSR count). The number of alkyl halides is 3. The van der Waals surface area contributed by atoms with E-state index >= 15 is 0 Å². The molecule has 2 saturated heterocycles. The predicted molar refractivity (Wildman–Crippen MR) is 114 cm³/mol. The highest BCUT2D eigenvalue weighted by molar-refractivity contribution is 6.00. The van der Waals surface area contributed by atoms with E-state index in [-0.39, 0.29) is 31.1 Å². The number of aliphatic hydroxyl groups is 1. The molecular formula is C23H28F3N3O5. The second kappa shape index (κ2) is 9.73. The third-order valence-corrected chi connectivity index (χ3v) is 6.68. The molecule has 0 saturated carbocycles. The lowest BCUT2D eigenvalue weighted by molar-refractivity contribution is -0.177. The van der Waals surface area contributed by atoms with Crippen molar-refractivity contribution in [2.75, 3.05) is 6.54 Å². The van der Waals surface area contributed by atoms with E-state index in [9.17, 15) is 32.3 Å². The van der Waals surface area contributed by atoms with E-state index in [1.165, 1.54) is 24.0 Å². The molecular weight excluding hydrogens is 455 g/mol. The van der Waals surface area contributed by atoms with Crippen molar-refractivity contribution in [1.29, 1.82) is 0 Å². The number of benzene rings is 1. The van der Waals surface area contributed by atoms with Crippen molar-refractivity contribution < 1.29 is 37.5 Å². The Morgan fingerprint density at radius 2 is 1.82 bits per heavy atom. The monoisotopic (exact) mass is 483 g/mol. The van der Waals surface area contributed by atoms with Crippen molar-refractivity contribution in [3.05, 3.63) is 35.4 Å². The van der Waals surface area contributed by atoms with E-state index in [1.54, 1.807) is 26.0 Å². The maximum Gasteiger partial charge on any atom is 0.452 e. The van der Waals surface area contributed by atoms with Crippen molar-refractivity contribution in [1.82, 2.24) is 15.5 Å². The zero-order valence-corrected chi connectivity index (χ0v) is 19.1. The number of aliphatic hydroxyl groups excluding tert-OH is 1. The number of hydrogen-bond donors (Lipinski definition) is 3. The summed E-state index contributed by atoms with van der Waals surface area (Å²) in [5.41, 5.74) is 0.906. The Morgan fingerprint density at radius 3 is 2.35 bits per heavy atom. The molecule has 34 heavy (non-hydrogen) atoms. The van der Waals surface area contributed by atoms with Crippen molar-refractivity contribution >= 4 is 23.5 Å². The average Bonchev–Trinajstić information content (AvgIpc) is 3.24. The molecule has 0 aliphatic carbocycles. The maximum absolute atomic E-state index is 13.4. The molecule has 0 aromatic heterocycles. The highest BCUT2D eigenvalue weighted by Crippen LogP contribution is 2.38. The standard InChI is InChI=1S/C23H28F3N3O5/c1-11(2)16(27-20(32)14-6-4-13(10-30)5-7-14)22(34)29-9-8-15-12(3)17(19(31)23(24,25)26)28-21(33)18(15)29/h4-7,11-12,15-18,30H,8-10H2,1-3H3,(H,27,32)(H,28,33). The zero-order valence-electron chi connectivity index (χ0n) is 19.1. The number of Topliss-reactive ketones (excluding diaryl/α,β-unsaturated/α-hetero) is 1. The second-order valence-electron chi connectivity index (χ2n) is 9.19. The molecule has 2 aliphatic heterocycles. The van der Waals surface area contributed by atoms with E-state index < -0.39 is 59.6 Å². The van der Waals surface area contributed by atoms with Crippen LogP contribution in [-0.2, 0) is 21.0 Å². The topological polar surface area (TPSA) is 116 Å². The van der Waals surface area contributed by atoms with Crippen LogP contribution in [0, 0.1) is 17.8 Å². The van der Waals surface area contributed by atoms with Gasteiger partial charge in [0.25, 0.3) is 11.7 Å². The van der Waals surface area contributed by atoms with Crippen LogP contribution in [0.5, 0.6) is 0 Å². The molecule has 8 nitrogen and oxygen atoms in total. The quantitative estimate of drug-likeness (QED) is 0.566. The van der Waals surface area contributed by atoms with Gasteiger partial charge in [0.1, 0.15) is 12.1 Å². The summed E-state index contributed by atoms with van der Waals surface area (Å²) in [6.45, 7) is 4.88. The van der Waals surface area contributed by atoms with Crippen LogP contribution in [0.25, 0.3) is 0 Å². The number of likely N-dealkylation sites (tertiary alicyclic amines) is 1. The molecule has 186 valence electrons. The highest BCUT2D eigenvalue weighted by atomic mass is 19.4. The number of nitrogens with one attached hydrogen (secondary N) is 2. The Labute approximate surface area is 194 Å². The minimum atomic E-state index is -5.07. The van der Waals surface area contributed by atoms with Crippen LogP contribution in [0.3, 0.4) is 0 Å². The number of amides is 3. The molecule has 3 amide bonds. The number of piperidine rings is 1. The first-order chi connectivity index (χ1) is 15.9. The number of ketones is 1. The van der Waals surface area contributed by atoms with Gasteiger partial charge < -0.3 is 20.6 Å². The lowest BCUT2D eigenvalue weighted by atomic mass is 9.77. The SMILES string of the molecule is CC(C)C(NC(=O)c1ccc(CO)cc1)C(=O)N1CCC2C(C)C(C(=O)C(F)(F)F)NC(=O)C21. The van der Waals surface area contributed by atoms with E-state index in [0.29, 0.717) is 5.56 Å². The van der Waals surface area contributed by atoms with Crippen LogP contribution in [0.4, 0.5) is 13.2 Å². The molecule has 2 aliphatic rings. The summed E-state index contributed by atoms with van der Waals surface area (Å²) in [6, 6.07) is 2.53. The fourth-order valence-corrected chi connectivity index (χ4v) is 4.73. The van der Waals surface area contributed by atoms with Crippen molar-refractivity contribution in [3.63, 3.8) is 0 Å². The average molecular weight is 483 g/mol. The van der Waals surface area contributed by atoms with Crippen LogP contribution < -0.4 is 10.6 Å². The summed E-state index contributed by atoms with van der Waals surface area (Å²) >= 11 is 0. The summed E-state index contributed by atoms with van der Waals surface area (Å²) in [7, 11) is 0. The number of carbonyl (C=O) groups is 4. The van der Waals surface area contributed by atoms with Crippen molar-refractivity contribution in [3.8, 4) is 0 Å². The van der Waals surface area contributed by atoms with Crippen LogP contribution in [0.1, 0.15) is 43.1 Å². The number of rotatable bonds is 6. The van der Waals surface area contributed by atoms with Gasteiger partial charge in [-0.2, -0.15) is 13.2 Å². The van der Waals surface area contributed by atoms with E-state index in [1.807, 2.05) is 0 Å². The minimum absolute atomic E-state index is 0.128. The smallest absolute Gasteiger partial charge is 0.392 e. The summed E-state index contributed by atoms with van der Waals surface area (Å²) in [4.78, 5) is 51.9. The van der Waals surface area contributed by atoms with E-state index in [2.05, 4.69) is 10.6 Å². The molecule has 0 bridgehead atoms. The van der Waals surface area contributed by atoms with Gasteiger partial charge in [-0.15, -0.1) is 0 Å². The molecule has 5 unspecified atom stereocenters. The van der Waals surface area contributed by atoms with Crippen LogP contribution in [0.2, 0.25) is 0 Å². The molecule has 5 atom stereocenters. The summed E-state index contributed by atoms with van der Waals surface area (Å²) in [5, 5.41) is 14.0. The largest absolute Gasteiger partial charge is 0.452 e. The van der Waals surface area contributed by atoms with Crippen LogP contribution >= 0.6 is 0 Å². The van der Waals surface area contributed by atoms with Crippen molar-refractivity contribution in [2.45, 2.75) is 58.1 Å². The maximum atomic E-state index is 13.4. The van der Waals surface area contributed by atoms with Crippen LogP contribution in [0.15, 0.2) is 24.3 Å². The molecule has 1 aromatic carbocycles. The number of nitrogens with zero attached hydrogens (tertiary/aromatic N) is 1. The number of halogens is 3. The fourth-order valence-electron chi connectivity index (χ4n) is 4.73. The van der Waals surface area contributed by atoms with Gasteiger partial charge >= 0.3 is 6.18 Å². The second-order valence-corrected chi connectivity index (χ2v) is 9.19. The Hall–Kier alpha value is -2.95. The molecule has 0 spiro atoms. The molecule has 3 N–H and O–H groups in total. The predicted octanol–water partition coefficient (Wildman–Crippen LogP) is 1.42. The first kappa shape index (κ1) is 25.7. The normalized spacial score (nSPS) is 25.5. The fraction of sp³-hybridized carbons (Fsp3) is 0.565. The molecule has 0 radical (unpaired) electrons. The zero-order chi connectivity index (χ0) is 25.4. The van der Waals surface area contributed by atoms with Gasteiger partial charge in [0.05, 0.1) is 12.6 Å². The van der Waals surface area contributed by atoms with Gasteiger partial charge in [-0.25, -0.2) is 0 Å². The molecule has 2 heterocycles. The molecule has 11 heteroatoms. The Balaban J connectivity index is 1.77. The number of carbonyl (C=O) groups excluding carboxylic acids is 4. The summed E-state index contributed by atoms with van der Waals surface area (Å²) < 4.78 is 38.9. The lowest BCUT2D eigenvalue weighted by Crippen LogP contribution is -2.64. The van der Waals surface area contributed by atoms with Crippen LogP contribution in [-0.4, -0.2) is 64.4 Å². The van der Waals surface area contributed by atoms with Gasteiger partial charge in [0, 0.05) is 12.1 Å². The summed E-state index contributed by atoms with van der Waals surface area (Å²) in [6.07, 6.45) is -4.80. The number of fused-ring (bicyclic) bond motifs is 1. The molecule has 2 fully saturated rings.